The van der Waals surface area contributed by atoms with Crippen LogP contribution < -0.4 is 5.32 Å². The first kappa shape index (κ1) is 17.4. The molecule has 0 aliphatic heterocycles. The van der Waals surface area contributed by atoms with Crippen LogP contribution in [0.2, 0.25) is 0 Å². The van der Waals surface area contributed by atoms with Crippen LogP contribution in [-0.2, 0) is 22.0 Å². The summed E-state index contributed by atoms with van der Waals surface area (Å²) in [5.74, 6) is 0.304. The van der Waals surface area contributed by atoms with E-state index in [9.17, 15) is 9.00 Å². The minimum Gasteiger partial charge on any atom is -0.322 e. The second-order valence-corrected chi connectivity index (χ2v) is 8.13. The van der Waals surface area contributed by atoms with E-state index in [0.717, 1.165) is 11.3 Å². The highest BCUT2D eigenvalue weighted by atomic mass is 32.2. The van der Waals surface area contributed by atoms with Gasteiger partial charge < -0.3 is 5.32 Å². The van der Waals surface area contributed by atoms with E-state index in [-0.39, 0.29) is 11.3 Å². The van der Waals surface area contributed by atoms with Gasteiger partial charge in [-0.05, 0) is 40.8 Å². The molecule has 0 saturated carbocycles. The first-order valence-corrected chi connectivity index (χ1v) is 9.29. The maximum atomic E-state index is 12.3. The van der Waals surface area contributed by atoms with E-state index in [1.54, 1.807) is 18.4 Å². The van der Waals surface area contributed by atoms with E-state index < -0.39 is 10.8 Å². The zero-order valence-corrected chi connectivity index (χ0v) is 14.9. The van der Waals surface area contributed by atoms with E-state index >= 15 is 0 Å². The molecule has 0 aliphatic rings. The molecule has 0 saturated heterocycles. The van der Waals surface area contributed by atoms with Gasteiger partial charge in [-0.25, -0.2) is 0 Å². The molecule has 2 rings (SSSR count). The lowest BCUT2D eigenvalue weighted by atomic mass is 9.87. The molecule has 0 bridgehead atoms. The van der Waals surface area contributed by atoms with Crippen molar-refractivity contribution in [3.8, 4) is 0 Å². The maximum absolute atomic E-state index is 12.3. The fourth-order valence-electron chi connectivity index (χ4n) is 2.29. The average Bonchev–Trinajstić information content (AvgIpc) is 2.46. The number of carbonyl (C=O) groups is 1. The molecule has 122 valence electrons. The number of hydrogen-bond acceptors (Lipinski definition) is 2. The second kappa shape index (κ2) is 7.09. The van der Waals surface area contributed by atoms with Gasteiger partial charge in [-0.15, -0.1) is 0 Å². The topological polar surface area (TPSA) is 46.2 Å². The van der Waals surface area contributed by atoms with Gasteiger partial charge in [0.05, 0.1) is 0 Å². The van der Waals surface area contributed by atoms with Crippen LogP contribution in [0.15, 0.2) is 48.5 Å². The zero-order chi connectivity index (χ0) is 17.0. The van der Waals surface area contributed by atoms with Crippen LogP contribution in [0.1, 0.15) is 42.3 Å². The van der Waals surface area contributed by atoms with Crippen molar-refractivity contribution in [2.75, 3.05) is 11.6 Å². The normalized spacial score (nSPS) is 12.7. The van der Waals surface area contributed by atoms with E-state index in [0.29, 0.717) is 11.3 Å². The van der Waals surface area contributed by atoms with Crippen LogP contribution in [0.25, 0.3) is 0 Å². The van der Waals surface area contributed by atoms with Gasteiger partial charge in [0, 0.05) is 34.1 Å². The molecule has 1 N–H and O–H groups in total. The molecule has 2 aromatic carbocycles. The Balaban J connectivity index is 2.11. The van der Waals surface area contributed by atoms with E-state index in [4.69, 9.17) is 0 Å². The Bertz CT molecular complexity index is 715. The van der Waals surface area contributed by atoms with Gasteiger partial charge in [-0.1, -0.05) is 45.0 Å². The predicted octanol–water partition coefficient (Wildman–Crippen LogP) is 4.11. The fraction of sp³-hybridized carbons (Fsp3) is 0.316. The Morgan fingerprint density at radius 1 is 1.09 bits per heavy atom. The standard InChI is InChI=1S/C19H23NO2S/c1-19(2,3)16-8-10-17(11-9-16)20-18(21)15-7-5-6-14(12-15)13-23(4)22/h5-12H,13H2,1-4H3,(H,20,21). The summed E-state index contributed by atoms with van der Waals surface area (Å²) in [6, 6.07) is 15.2. The summed E-state index contributed by atoms with van der Waals surface area (Å²) < 4.78 is 11.3. The first-order valence-electron chi connectivity index (χ1n) is 7.56. The van der Waals surface area contributed by atoms with Crippen LogP contribution >= 0.6 is 0 Å². The zero-order valence-electron chi connectivity index (χ0n) is 14.1. The van der Waals surface area contributed by atoms with Crippen molar-refractivity contribution in [3.63, 3.8) is 0 Å². The summed E-state index contributed by atoms with van der Waals surface area (Å²) in [5, 5.41) is 2.90. The van der Waals surface area contributed by atoms with Crippen molar-refractivity contribution in [1.29, 1.82) is 0 Å². The van der Waals surface area contributed by atoms with Crippen molar-refractivity contribution in [3.05, 3.63) is 65.2 Å². The Labute approximate surface area is 140 Å². The van der Waals surface area contributed by atoms with Crippen LogP contribution in [0.5, 0.6) is 0 Å². The van der Waals surface area contributed by atoms with Gasteiger partial charge in [0.15, 0.2) is 0 Å². The van der Waals surface area contributed by atoms with E-state index in [1.807, 2.05) is 36.4 Å². The van der Waals surface area contributed by atoms with Gasteiger partial charge in [-0.3, -0.25) is 9.00 Å². The number of amides is 1. The molecule has 0 radical (unpaired) electrons. The molecule has 1 unspecified atom stereocenters. The summed E-state index contributed by atoms with van der Waals surface area (Å²) in [6.07, 6.45) is 1.66. The van der Waals surface area contributed by atoms with Gasteiger partial charge in [0.2, 0.25) is 0 Å². The molecule has 1 amide bonds. The lowest BCUT2D eigenvalue weighted by Gasteiger charge is -2.19. The largest absolute Gasteiger partial charge is 0.322 e. The lowest BCUT2D eigenvalue weighted by molar-refractivity contribution is 0.102. The highest BCUT2D eigenvalue weighted by Crippen LogP contribution is 2.23. The second-order valence-electron chi connectivity index (χ2n) is 6.70. The Morgan fingerprint density at radius 2 is 1.74 bits per heavy atom. The lowest BCUT2D eigenvalue weighted by Crippen LogP contribution is -2.14. The third-order valence-corrected chi connectivity index (χ3v) is 4.31. The minimum absolute atomic E-state index is 0.0900. The minimum atomic E-state index is -0.919. The van der Waals surface area contributed by atoms with Crippen molar-refractivity contribution in [1.82, 2.24) is 0 Å². The number of carbonyl (C=O) groups excluding carboxylic acids is 1. The van der Waals surface area contributed by atoms with E-state index in [2.05, 4.69) is 26.1 Å². The Kier molecular flexibility index (Phi) is 5.37. The molecule has 0 aliphatic carbocycles. The molecule has 4 heteroatoms. The molecule has 0 aromatic heterocycles. The summed E-state index contributed by atoms with van der Waals surface area (Å²) in [4.78, 5) is 12.3. The van der Waals surface area contributed by atoms with Gasteiger partial charge in [0.1, 0.15) is 0 Å². The molecule has 2 aromatic rings. The highest BCUT2D eigenvalue weighted by molar-refractivity contribution is 7.83. The summed E-state index contributed by atoms with van der Waals surface area (Å²) >= 11 is 0. The number of nitrogens with one attached hydrogen (secondary N) is 1. The molecule has 1 atom stereocenters. The van der Waals surface area contributed by atoms with Crippen molar-refractivity contribution in [2.24, 2.45) is 0 Å². The van der Waals surface area contributed by atoms with Crippen molar-refractivity contribution in [2.45, 2.75) is 31.9 Å². The molecule has 0 spiro atoms. The first-order chi connectivity index (χ1) is 10.8. The quantitative estimate of drug-likeness (QED) is 0.917. The number of hydrogen-bond donors (Lipinski definition) is 1. The predicted molar refractivity (Wildman–Crippen MR) is 97.3 cm³/mol. The summed E-state index contributed by atoms with van der Waals surface area (Å²) in [6.45, 7) is 6.47. The summed E-state index contributed by atoms with van der Waals surface area (Å²) in [5.41, 5.74) is 3.57. The molecule has 23 heavy (non-hydrogen) atoms. The van der Waals surface area contributed by atoms with Crippen molar-refractivity contribution < 1.29 is 9.00 Å². The van der Waals surface area contributed by atoms with Crippen LogP contribution in [0.3, 0.4) is 0 Å². The summed E-state index contributed by atoms with van der Waals surface area (Å²) in [7, 11) is -0.919. The number of rotatable bonds is 4. The molecular weight excluding hydrogens is 306 g/mol. The fourth-order valence-corrected chi connectivity index (χ4v) is 2.94. The third-order valence-electron chi connectivity index (χ3n) is 3.57. The molecule has 0 fully saturated rings. The average molecular weight is 329 g/mol. The Morgan fingerprint density at radius 3 is 2.30 bits per heavy atom. The van der Waals surface area contributed by atoms with Gasteiger partial charge in [0.25, 0.3) is 5.91 Å². The molecular formula is C19H23NO2S. The monoisotopic (exact) mass is 329 g/mol. The highest BCUT2D eigenvalue weighted by Gasteiger charge is 2.13. The molecule has 3 nitrogen and oxygen atoms in total. The Hall–Kier alpha value is -1.94. The SMILES string of the molecule is CS(=O)Cc1cccc(C(=O)Nc2ccc(C(C)(C)C)cc2)c1. The van der Waals surface area contributed by atoms with Crippen LogP contribution in [-0.4, -0.2) is 16.4 Å². The third kappa shape index (κ3) is 5.03. The van der Waals surface area contributed by atoms with Gasteiger partial charge >= 0.3 is 0 Å². The van der Waals surface area contributed by atoms with Crippen LogP contribution in [0.4, 0.5) is 5.69 Å². The molecule has 0 heterocycles. The number of benzene rings is 2. The van der Waals surface area contributed by atoms with Gasteiger partial charge in [-0.2, -0.15) is 0 Å². The van der Waals surface area contributed by atoms with E-state index in [1.165, 1.54) is 5.56 Å². The van der Waals surface area contributed by atoms with Crippen molar-refractivity contribution >= 4 is 22.4 Å². The smallest absolute Gasteiger partial charge is 0.255 e. The van der Waals surface area contributed by atoms with Crippen LogP contribution in [0, 0.1) is 0 Å². The maximum Gasteiger partial charge on any atom is 0.255 e. The number of anilines is 1.